The van der Waals surface area contributed by atoms with Gasteiger partial charge in [-0.3, -0.25) is 4.79 Å². The number of carbonyl (C=O) groups is 1. The Labute approximate surface area is 163 Å². The molecule has 0 aliphatic heterocycles. The second kappa shape index (κ2) is 7.89. The Bertz CT molecular complexity index is 1180. The molecule has 4 aromatic rings. The Morgan fingerprint density at radius 3 is 2.29 bits per heavy atom. The first-order valence-electron chi connectivity index (χ1n) is 9.09. The predicted molar refractivity (Wildman–Crippen MR) is 115 cm³/mol. The summed E-state index contributed by atoms with van der Waals surface area (Å²) in [7, 11) is 0. The zero-order chi connectivity index (χ0) is 19.3. The summed E-state index contributed by atoms with van der Waals surface area (Å²) in [5.74, 6) is 1.40. The normalized spacial score (nSPS) is 11.6. The van der Waals surface area contributed by atoms with Gasteiger partial charge in [0.2, 0.25) is 5.89 Å². The van der Waals surface area contributed by atoms with E-state index >= 15 is 0 Å². The summed E-state index contributed by atoms with van der Waals surface area (Å²) < 4.78 is 5.90. The minimum Gasteiger partial charge on any atom is -0.441 e. The van der Waals surface area contributed by atoms with Crippen molar-refractivity contribution in [3.63, 3.8) is 0 Å². The molecule has 28 heavy (non-hydrogen) atoms. The number of allylic oxidation sites excluding steroid dienone is 1. The molecule has 136 valence electrons. The third kappa shape index (κ3) is 3.84. The second-order valence-corrected chi connectivity index (χ2v) is 6.52. The van der Waals surface area contributed by atoms with Crippen LogP contribution in [-0.2, 0) is 4.79 Å². The average Bonchev–Trinajstić information content (AvgIpc) is 3.11. The summed E-state index contributed by atoms with van der Waals surface area (Å²) in [4.78, 5) is 15.0. The van der Waals surface area contributed by atoms with E-state index < -0.39 is 0 Å². The van der Waals surface area contributed by atoms with Crippen LogP contribution in [0.25, 0.3) is 40.5 Å². The molecule has 0 saturated carbocycles. The van der Waals surface area contributed by atoms with E-state index in [2.05, 4.69) is 29.2 Å². The van der Waals surface area contributed by atoms with Crippen molar-refractivity contribution < 1.29 is 9.21 Å². The highest BCUT2D eigenvalue weighted by Crippen LogP contribution is 2.26. The van der Waals surface area contributed by atoms with E-state index in [1.807, 2.05) is 61.5 Å². The third-order valence-corrected chi connectivity index (χ3v) is 4.57. The monoisotopic (exact) mass is 365 g/mol. The van der Waals surface area contributed by atoms with Gasteiger partial charge in [0.15, 0.2) is 0 Å². The van der Waals surface area contributed by atoms with Gasteiger partial charge in [0.25, 0.3) is 0 Å². The van der Waals surface area contributed by atoms with Crippen LogP contribution in [0.1, 0.15) is 22.6 Å². The lowest BCUT2D eigenvalue weighted by atomic mass is 10.1. The summed E-state index contributed by atoms with van der Waals surface area (Å²) in [5, 5.41) is 2.36. The lowest BCUT2D eigenvalue weighted by Gasteiger charge is -1.99. The number of rotatable bonds is 5. The van der Waals surface area contributed by atoms with E-state index in [1.54, 1.807) is 6.08 Å². The Balaban J connectivity index is 1.57. The summed E-state index contributed by atoms with van der Waals surface area (Å²) in [6.07, 6.45) is 7.99. The fraction of sp³-hybridized carbons (Fsp3) is 0.0400. The Morgan fingerprint density at radius 1 is 0.821 bits per heavy atom. The maximum atomic E-state index is 10.4. The number of aromatic nitrogens is 1. The quantitative estimate of drug-likeness (QED) is 0.313. The molecule has 0 spiro atoms. The molecule has 0 N–H and O–H groups in total. The SMILES string of the molecule is Cc1oc(-c2ccc3ccccc3c2)nc1C=Cc1ccc(C=CC=O)cc1. The van der Waals surface area contributed by atoms with Crippen LogP contribution in [0, 0.1) is 6.92 Å². The van der Waals surface area contributed by atoms with Gasteiger partial charge in [0.1, 0.15) is 17.7 Å². The first-order chi connectivity index (χ1) is 13.7. The van der Waals surface area contributed by atoms with Crippen LogP contribution in [0.5, 0.6) is 0 Å². The minimum absolute atomic E-state index is 0.622. The van der Waals surface area contributed by atoms with Gasteiger partial charge >= 0.3 is 0 Å². The van der Waals surface area contributed by atoms with Gasteiger partial charge < -0.3 is 4.42 Å². The summed E-state index contributed by atoms with van der Waals surface area (Å²) in [5.41, 5.74) is 3.82. The highest BCUT2D eigenvalue weighted by Gasteiger charge is 2.10. The Morgan fingerprint density at radius 2 is 1.54 bits per heavy atom. The van der Waals surface area contributed by atoms with Crippen molar-refractivity contribution in [3.8, 4) is 11.5 Å². The molecule has 4 rings (SSSR count). The van der Waals surface area contributed by atoms with Crippen molar-refractivity contribution in [1.29, 1.82) is 0 Å². The standard InChI is InChI=1S/C25H19NO2/c1-18-24(15-12-20-10-8-19(9-11-20)5-4-16-27)26-25(28-18)23-14-13-21-6-2-3-7-22(21)17-23/h2-17H,1H3. The van der Waals surface area contributed by atoms with Gasteiger partial charge in [0.05, 0.1) is 0 Å². The Hall–Kier alpha value is -3.72. The van der Waals surface area contributed by atoms with E-state index in [0.717, 1.165) is 39.8 Å². The van der Waals surface area contributed by atoms with Crippen LogP contribution < -0.4 is 0 Å². The number of nitrogens with zero attached hydrogens (tertiary/aromatic N) is 1. The summed E-state index contributed by atoms with van der Waals surface area (Å²) >= 11 is 0. The van der Waals surface area contributed by atoms with Crippen molar-refractivity contribution in [3.05, 3.63) is 95.4 Å². The second-order valence-electron chi connectivity index (χ2n) is 6.52. The number of hydrogen-bond donors (Lipinski definition) is 0. The molecular weight excluding hydrogens is 346 g/mol. The molecule has 0 unspecified atom stereocenters. The van der Waals surface area contributed by atoms with Gasteiger partial charge in [0, 0.05) is 5.56 Å². The topological polar surface area (TPSA) is 43.1 Å². The highest BCUT2D eigenvalue weighted by atomic mass is 16.4. The molecule has 0 aliphatic rings. The maximum absolute atomic E-state index is 10.4. The van der Waals surface area contributed by atoms with Crippen LogP contribution in [-0.4, -0.2) is 11.3 Å². The highest BCUT2D eigenvalue weighted by molar-refractivity contribution is 5.86. The van der Waals surface area contributed by atoms with Crippen LogP contribution in [0.2, 0.25) is 0 Å². The van der Waals surface area contributed by atoms with Crippen molar-refractivity contribution >= 4 is 35.3 Å². The number of oxazole rings is 1. The van der Waals surface area contributed by atoms with Crippen molar-refractivity contribution in [2.75, 3.05) is 0 Å². The van der Waals surface area contributed by atoms with Gasteiger partial charge in [-0.25, -0.2) is 4.98 Å². The fourth-order valence-corrected chi connectivity index (χ4v) is 3.05. The Kier molecular flexibility index (Phi) is 4.98. The molecule has 0 atom stereocenters. The first-order valence-corrected chi connectivity index (χ1v) is 9.09. The number of aldehydes is 1. The van der Waals surface area contributed by atoms with Crippen molar-refractivity contribution in [2.45, 2.75) is 6.92 Å². The predicted octanol–water partition coefficient (Wildman–Crippen LogP) is 6.19. The molecule has 3 heteroatoms. The molecular formula is C25H19NO2. The largest absolute Gasteiger partial charge is 0.441 e. The number of aryl methyl sites for hydroxylation is 1. The smallest absolute Gasteiger partial charge is 0.226 e. The van der Waals surface area contributed by atoms with Crippen LogP contribution in [0.3, 0.4) is 0 Å². The number of carbonyl (C=O) groups excluding carboxylic acids is 1. The summed E-state index contributed by atoms with van der Waals surface area (Å²) in [6, 6.07) is 22.4. The number of fused-ring (bicyclic) bond motifs is 1. The van der Waals surface area contributed by atoms with Crippen molar-refractivity contribution in [1.82, 2.24) is 4.98 Å². The zero-order valence-corrected chi connectivity index (χ0v) is 15.5. The molecule has 0 saturated heterocycles. The van der Waals surface area contributed by atoms with Crippen molar-refractivity contribution in [2.24, 2.45) is 0 Å². The third-order valence-electron chi connectivity index (χ3n) is 4.57. The molecule has 0 aliphatic carbocycles. The van der Waals surface area contributed by atoms with E-state index in [-0.39, 0.29) is 0 Å². The van der Waals surface area contributed by atoms with Crippen LogP contribution in [0.4, 0.5) is 0 Å². The number of benzene rings is 3. The van der Waals surface area contributed by atoms with Crippen LogP contribution >= 0.6 is 0 Å². The van der Waals surface area contributed by atoms with E-state index in [0.29, 0.717) is 5.89 Å². The van der Waals surface area contributed by atoms with Crippen LogP contribution in [0.15, 0.2) is 77.2 Å². The lowest BCUT2D eigenvalue weighted by molar-refractivity contribution is -0.104. The molecule has 1 heterocycles. The number of hydrogen-bond acceptors (Lipinski definition) is 3. The lowest BCUT2D eigenvalue weighted by Crippen LogP contribution is -1.80. The molecule has 0 radical (unpaired) electrons. The minimum atomic E-state index is 0.622. The van der Waals surface area contributed by atoms with Gasteiger partial charge in [-0.1, -0.05) is 66.7 Å². The van der Waals surface area contributed by atoms with E-state index in [1.165, 1.54) is 11.5 Å². The van der Waals surface area contributed by atoms with Gasteiger partial charge in [-0.15, -0.1) is 0 Å². The summed E-state index contributed by atoms with van der Waals surface area (Å²) in [6.45, 7) is 1.92. The molecule has 0 fully saturated rings. The molecule has 3 nitrogen and oxygen atoms in total. The average molecular weight is 365 g/mol. The van der Waals surface area contributed by atoms with E-state index in [9.17, 15) is 4.79 Å². The molecule has 0 amide bonds. The molecule has 3 aromatic carbocycles. The fourth-order valence-electron chi connectivity index (χ4n) is 3.05. The first kappa shape index (κ1) is 17.7. The van der Waals surface area contributed by atoms with Gasteiger partial charge in [-0.2, -0.15) is 0 Å². The zero-order valence-electron chi connectivity index (χ0n) is 15.5. The van der Waals surface area contributed by atoms with E-state index in [4.69, 9.17) is 4.42 Å². The van der Waals surface area contributed by atoms with Gasteiger partial charge in [-0.05, 0) is 53.1 Å². The maximum Gasteiger partial charge on any atom is 0.226 e. The molecule has 0 bridgehead atoms. The molecule has 1 aromatic heterocycles.